The Labute approximate surface area is 141 Å². The standard InChI is InChI=1S/C19H24O5/c1-12(2)22-14-9-16(23-13-7-5-4-6-8-13)15-11-18(19(20)21-3)24-17(15)10-14/h9-13H,4-8H2,1-3H3. The summed E-state index contributed by atoms with van der Waals surface area (Å²) >= 11 is 0. The quantitative estimate of drug-likeness (QED) is 0.742. The third-order valence-corrected chi connectivity index (χ3v) is 4.18. The van der Waals surface area contributed by atoms with Gasteiger partial charge in [0.25, 0.3) is 0 Å². The summed E-state index contributed by atoms with van der Waals surface area (Å²) in [5, 5.41) is 0.775. The SMILES string of the molecule is COC(=O)c1cc2c(OC3CCCCC3)cc(OC(C)C)cc2o1. The fraction of sp³-hybridized carbons (Fsp3) is 0.526. The van der Waals surface area contributed by atoms with Crippen molar-refractivity contribution in [1.82, 2.24) is 0 Å². The highest BCUT2D eigenvalue weighted by Gasteiger charge is 2.21. The van der Waals surface area contributed by atoms with E-state index >= 15 is 0 Å². The highest BCUT2D eigenvalue weighted by atomic mass is 16.5. The lowest BCUT2D eigenvalue weighted by Crippen LogP contribution is -2.19. The summed E-state index contributed by atoms with van der Waals surface area (Å²) in [5.41, 5.74) is 0.569. The molecule has 0 radical (unpaired) electrons. The molecule has 0 aliphatic heterocycles. The van der Waals surface area contributed by atoms with Gasteiger partial charge in [-0.1, -0.05) is 6.42 Å². The van der Waals surface area contributed by atoms with Crippen LogP contribution >= 0.6 is 0 Å². The second-order valence-electron chi connectivity index (χ2n) is 6.48. The Morgan fingerprint density at radius 1 is 1.17 bits per heavy atom. The van der Waals surface area contributed by atoms with E-state index in [4.69, 9.17) is 18.6 Å². The average molecular weight is 332 g/mol. The van der Waals surface area contributed by atoms with Crippen molar-refractivity contribution in [2.24, 2.45) is 0 Å². The zero-order chi connectivity index (χ0) is 17.1. The number of carbonyl (C=O) groups is 1. The zero-order valence-electron chi connectivity index (χ0n) is 14.5. The number of hydrogen-bond acceptors (Lipinski definition) is 5. The van der Waals surface area contributed by atoms with E-state index in [1.165, 1.54) is 26.4 Å². The summed E-state index contributed by atoms with van der Waals surface area (Å²) < 4.78 is 22.4. The van der Waals surface area contributed by atoms with Gasteiger partial charge in [0, 0.05) is 18.2 Å². The number of carbonyl (C=O) groups excluding carboxylic acids is 1. The Morgan fingerprint density at radius 2 is 1.92 bits per heavy atom. The van der Waals surface area contributed by atoms with Gasteiger partial charge >= 0.3 is 5.97 Å². The predicted molar refractivity (Wildman–Crippen MR) is 90.8 cm³/mol. The molecule has 0 amide bonds. The number of hydrogen-bond donors (Lipinski definition) is 0. The largest absolute Gasteiger partial charge is 0.491 e. The van der Waals surface area contributed by atoms with Crippen molar-refractivity contribution in [3.05, 3.63) is 24.0 Å². The third kappa shape index (κ3) is 3.66. The maximum absolute atomic E-state index is 11.8. The van der Waals surface area contributed by atoms with Gasteiger partial charge in [0.05, 0.1) is 24.7 Å². The summed E-state index contributed by atoms with van der Waals surface area (Å²) in [4.78, 5) is 11.8. The van der Waals surface area contributed by atoms with Gasteiger partial charge in [0.1, 0.15) is 17.1 Å². The molecule has 3 rings (SSSR count). The lowest BCUT2D eigenvalue weighted by Gasteiger charge is -2.23. The van der Waals surface area contributed by atoms with Crippen molar-refractivity contribution in [1.29, 1.82) is 0 Å². The van der Waals surface area contributed by atoms with Crippen LogP contribution in [0, 0.1) is 0 Å². The van der Waals surface area contributed by atoms with Crippen LogP contribution in [0.1, 0.15) is 56.5 Å². The minimum atomic E-state index is -0.499. The van der Waals surface area contributed by atoms with E-state index in [0.717, 1.165) is 18.2 Å². The minimum absolute atomic E-state index is 0.0417. The first kappa shape index (κ1) is 16.7. The van der Waals surface area contributed by atoms with Gasteiger partial charge < -0.3 is 18.6 Å². The topological polar surface area (TPSA) is 57.9 Å². The molecule has 0 atom stereocenters. The summed E-state index contributed by atoms with van der Waals surface area (Å²) in [6, 6.07) is 5.35. The van der Waals surface area contributed by atoms with Gasteiger partial charge in [-0.3, -0.25) is 0 Å². The number of ether oxygens (including phenoxy) is 3. The van der Waals surface area contributed by atoms with Crippen molar-refractivity contribution in [3.8, 4) is 11.5 Å². The maximum atomic E-state index is 11.8. The molecule has 1 aromatic heterocycles. The highest BCUT2D eigenvalue weighted by molar-refractivity contribution is 5.95. The minimum Gasteiger partial charge on any atom is -0.491 e. The molecule has 0 bridgehead atoms. The number of benzene rings is 1. The van der Waals surface area contributed by atoms with Crippen molar-refractivity contribution < 1.29 is 23.4 Å². The molecule has 1 aliphatic carbocycles. The normalized spacial score (nSPS) is 15.7. The van der Waals surface area contributed by atoms with Crippen molar-refractivity contribution >= 4 is 16.9 Å². The summed E-state index contributed by atoms with van der Waals surface area (Å²) in [6.07, 6.45) is 6.00. The number of furan rings is 1. The number of rotatable bonds is 5. The monoisotopic (exact) mass is 332 g/mol. The van der Waals surface area contributed by atoms with Crippen LogP contribution in [0.2, 0.25) is 0 Å². The zero-order valence-corrected chi connectivity index (χ0v) is 14.5. The molecule has 2 aromatic rings. The molecule has 1 heterocycles. The first-order chi connectivity index (χ1) is 11.6. The van der Waals surface area contributed by atoms with Gasteiger partial charge in [-0.2, -0.15) is 0 Å². The van der Waals surface area contributed by atoms with Gasteiger partial charge in [-0.25, -0.2) is 4.79 Å². The van der Waals surface area contributed by atoms with Crippen LogP contribution in [-0.2, 0) is 4.74 Å². The molecule has 1 aromatic carbocycles. The van der Waals surface area contributed by atoms with Gasteiger partial charge in [-0.05, 0) is 39.5 Å². The number of methoxy groups -OCH3 is 1. The van der Waals surface area contributed by atoms with Gasteiger partial charge in [-0.15, -0.1) is 0 Å². The maximum Gasteiger partial charge on any atom is 0.373 e. The molecule has 5 nitrogen and oxygen atoms in total. The van der Waals surface area contributed by atoms with E-state index in [1.807, 2.05) is 19.9 Å². The fourth-order valence-corrected chi connectivity index (χ4v) is 3.08. The van der Waals surface area contributed by atoms with Crippen LogP contribution < -0.4 is 9.47 Å². The molecule has 0 saturated heterocycles. The van der Waals surface area contributed by atoms with Crippen LogP contribution in [0.15, 0.2) is 22.6 Å². The van der Waals surface area contributed by atoms with Crippen molar-refractivity contribution in [2.45, 2.75) is 58.2 Å². The van der Waals surface area contributed by atoms with E-state index in [9.17, 15) is 4.79 Å². The van der Waals surface area contributed by atoms with Crippen LogP contribution in [0.4, 0.5) is 0 Å². The number of fused-ring (bicyclic) bond motifs is 1. The molecule has 1 aliphatic rings. The number of esters is 1. The average Bonchev–Trinajstić information content (AvgIpc) is 2.99. The second-order valence-corrected chi connectivity index (χ2v) is 6.48. The first-order valence-corrected chi connectivity index (χ1v) is 8.56. The van der Waals surface area contributed by atoms with E-state index in [2.05, 4.69) is 0 Å². The lowest BCUT2D eigenvalue weighted by molar-refractivity contribution is 0.0567. The summed E-state index contributed by atoms with van der Waals surface area (Å²) in [5.74, 6) is 1.05. The molecule has 1 fully saturated rings. The van der Waals surface area contributed by atoms with Crippen LogP contribution in [0.5, 0.6) is 11.5 Å². The van der Waals surface area contributed by atoms with Gasteiger partial charge in [0.2, 0.25) is 5.76 Å². The third-order valence-electron chi connectivity index (χ3n) is 4.18. The Hall–Kier alpha value is -2.17. The van der Waals surface area contributed by atoms with E-state index in [-0.39, 0.29) is 18.0 Å². The van der Waals surface area contributed by atoms with Crippen LogP contribution in [0.25, 0.3) is 11.0 Å². The molecule has 1 saturated carbocycles. The van der Waals surface area contributed by atoms with Crippen molar-refractivity contribution in [2.75, 3.05) is 7.11 Å². The predicted octanol–water partition coefficient (Wildman–Crippen LogP) is 4.72. The Bertz CT molecular complexity index is 710. The summed E-state index contributed by atoms with van der Waals surface area (Å²) in [7, 11) is 1.34. The van der Waals surface area contributed by atoms with E-state index in [0.29, 0.717) is 17.1 Å². The second kappa shape index (κ2) is 7.16. The lowest BCUT2D eigenvalue weighted by atomic mass is 9.98. The molecule has 5 heteroatoms. The fourth-order valence-electron chi connectivity index (χ4n) is 3.08. The smallest absolute Gasteiger partial charge is 0.373 e. The Kier molecular flexibility index (Phi) is 4.97. The molecule has 0 unspecified atom stereocenters. The molecule has 0 spiro atoms. The molecule has 24 heavy (non-hydrogen) atoms. The van der Waals surface area contributed by atoms with Crippen LogP contribution in [0.3, 0.4) is 0 Å². The van der Waals surface area contributed by atoms with Gasteiger partial charge in [0.15, 0.2) is 0 Å². The van der Waals surface area contributed by atoms with E-state index in [1.54, 1.807) is 12.1 Å². The first-order valence-electron chi connectivity index (χ1n) is 8.56. The molecular formula is C19H24O5. The summed E-state index contributed by atoms with van der Waals surface area (Å²) in [6.45, 7) is 3.93. The molecular weight excluding hydrogens is 308 g/mol. The Morgan fingerprint density at radius 3 is 2.58 bits per heavy atom. The van der Waals surface area contributed by atoms with Crippen molar-refractivity contribution in [3.63, 3.8) is 0 Å². The molecule has 0 N–H and O–H groups in total. The molecule has 130 valence electrons. The Balaban J connectivity index is 1.98. The van der Waals surface area contributed by atoms with E-state index < -0.39 is 5.97 Å². The van der Waals surface area contributed by atoms with Crippen LogP contribution in [-0.4, -0.2) is 25.3 Å². The highest BCUT2D eigenvalue weighted by Crippen LogP contribution is 2.36.